The Kier molecular flexibility index (Phi) is 8.11. The van der Waals surface area contributed by atoms with E-state index in [9.17, 15) is 8.78 Å². The zero-order chi connectivity index (χ0) is 19.9. The van der Waals surface area contributed by atoms with E-state index < -0.39 is 11.6 Å². The van der Waals surface area contributed by atoms with Gasteiger partial charge in [0.1, 0.15) is 0 Å². The van der Waals surface area contributed by atoms with E-state index in [1.165, 1.54) is 82.8 Å². The van der Waals surface area contributed by atoms with Crippen LogP contribution in [-0.2, 0) is 0 Å². The molecule has 0 aromatic heterocycles. The van der Waals surface area contributed by atoms with Crippen LogP contribution in [0.5, 0.6) is 0 Å². The first kappa shape index (κ1) is 21.5. The van der Waals surface area contributed by atoms with Gasteiger partial charge in [-0.1, -0.05) is 57.6 Å². The van der Waals surface area contributed by atoms with Gasteiger partial charge in [0.2, 0.25) is 0 Å². The van der Waals surface area contributed by atoms with Crippen LogP contribution in [-0.4, -0.2) is 0 Å². The Balaban J connectivity index is 1.38. The lowest BCUT2D eigenvalue weighted by atomic mass is 9.68. The van der Waals surface area contributed by atoms with Crippen LogP contribution in [0.2, 0.25) is 0 Å². The predicted octanol–water partition coefficient (Wildman–Crippen LogP) is 8.56. The number of benzene rings is 1. The van der Waals surface area contributed by atoms with Gasteiger partial charge in [0, 0.05) is 0 Å². The lowest BCUT2D eigenvalue weighted by molar-refractivity contribution is 0.141. The van der Waals surface area contributed by atoms with Crippen molar-refractivity contribution in [2.75, 3.05) is 0 Å². The van der Waals surface area contributed by atoms with E-state index in [4.69, 9.17) is 0 Å². The van der Waals surface area contributed by atoms with Crippen LogP contribution >= 0.6 is 0 Å². The molecular weight excluding hydrogens is 350 g/mol. The van der Waals surface area contributed by atoms with Gasteiger partial charge in [-0.25, -0.2) is 8.78 Å². The van der Waals surface area contributed by atoms with Crippen LogP contribution < -0.4 is 0 Å². The topological polar surface area (TPSA) is 0 Å². The lowest BCUT2D eigenvalue weighted by Gasteiger charge is -2.38. The molecule has 0 N–H and O–H groups in total. The summed E-state index contributed by atoms with van der Waals surface area (Å²) in [6.45, 7) is 4.32. The molecule has 0 amide bonds. The van der Waals surface area contributed by atoms with E-state index >= 15 is 0 Å². The number of hydrogen-bond acceptors (Lipinski definition) is 0. The van der Waals surface area contributed by atoms with Gasteiger partial charge in [-0.3, -0.25) is 0 Å². The van der Waals surface area contributed by atoms with Gasteiger partial charge < -0.3 is 0 Å². The minimum Gasteiger partial charge on any atom is -0.204 e. The summed E-state index contributed by atoms with van der Waals surface area (Å²) < 4.78 is 26.5. The average Bonchev–Trinajstić information content (AvgIpc) is 2.71. The quantitative estimate of drug-likeness (QED) is 0.439. The Morgan fingerprint density at radius 1 is 0.857 bits per heavy atom. The Morgan fingerprint density at radius 3 is 1.96 bits per heavy atom. The van der Waals surface area contributed by atoms with Crippen molar-refractivity contribution < 1.29 is 8.78 Å². The zero-order valence-electron chi connectivity index (χ0n) is 17.9. The normalized spacial score (nSPS) is 29.1. The minimum atomic E-state index is -0.771. The third-order valence-corrected chi connectivity index (χ3v) is 7.55. The Labute approximate surface area is 170 Å². The molecule has 0 unspecified atom stereocenters. The van der Waals surface area contributed by atoms with Crippen LogP contribution in [0.25, 0.3) is 5.57 Å². The SMILES string of the molecule is CCCC1CCC(C2CCC(CCC=C(C)c3ccc(F)c(F)c3)CC2)CC1. The van der Waals surface area contributed by atoms with Crippen molar-refractivity contribution in [3.05, 3.63) is 41.5 Å². The Morgan fingerprint density at radius 2 is 1.43 bits per heavy atom. The summed E-state index contributed by atoms with van der Waals surface area (Å²) in [5.74, 6) is 2.33. The number of hydrogen-bond donors (Lipinski definition) is 0. The molecule has 0 nitrogen and oxygen atoms in total. The molecule has 0 spiro atoms. The van der Waals surface area contributed by atoms with Crippen molar-refractivity contribution in [2.45, 2.75) is 90.9 Å². The Hall–Kier alpha value is -1.18. The summed E-state index contributed by atoms with van der Waals surface area (Å²) in [6.07, 6.45) is 18.8. The largest absolute Gasteiger partial charge is 0.204 e. The van der Waals surface area contributed by atoms with Crippen molar-refractivity contribution in [3.63, 3.8) is 0 Å². The molecule has 1 aromatic carbocycles. The maximum absolute atomic E-state index is 13.4. The van der Waals surface area contributed by atoms with E-state index in [1.54, 1.807) is 6.07 Å². The summed E-state index contributed by atoms with van der Waals surface area (Å²) in [7, 11) is 0. The molecule has 3 rings (SSSR count). The number of allylic oxidation sites excluding steroid dienone is 2. The van der Waals surface area contributed by atoms with Crippen LogP contribution in [0.15, 0.2) is 24.3 Å². The molecule has 0 radical (unpaired) electrons. The molecule has 2 aliphatic carbocycles. The average molecular weight is 389 g/mol. The van der Waals surface area contributed by atoms with Gasteiger partial charge in [-0.15, -0.1) is 0 Å². The predicted molar refractivity (Wildman–Crippen MR) is 115 cm³/mol. The summed E-state index contributed by atoms with van der Waals surface area (Å²) >= 11 is 0. The summed E-state index contributed by atoms with van der Waals surface area (Å²) in [5, 5.41) is 0. The fourth-order valence-corrected chi connectivity index (χ4v) is 5.70. The zero-order valence-corrected chi connectivity index (χ0v) is 17.9. The third-order valence-electron chi connectivity index (χ3n) is 7.55. The van der Waals surface area contributed by atoms with Gasteiger partial charge in [0.25, 0.3) is 0 Å². The fourth-order valence-electron chi connectivity index (χ4n) is 5.70. The monoisotopic (exact) mass is 388 g/mol. The van der Waals surface area contributed by atoms with Crippen LogP contribution in [0.1, 0.15) is 96.5 Å². The highest BCUT2D eigenvalue weighted by atomic mass is 19.2. The molecule has 2 aliphatic rings. The van der Waals surface area contributed by atoms with Crippen molar-refractivity contribution in [1.29, 1.82) is 0 Å². The fraction of sp³-hybridized carbons (Fsp3) is 0.692. The van der Waals surface area contributed by atoms with Gasteiger partial charge in [0.05, 0.1) is 0 Å². The van der Waals surface area contributed by atoms with Gasteiger partial charge in [0.15, 0.2) is 11.6 Å². The lowest BCUT2D eigenvalue weighted by Crippen LogP contribution is -2.25. The molecule has 1 aromatic rings. The van der Waals surface area contributed by atoms with Crippen molar-refractivity contribution >= 4 is 5.57 Å². The molecule has 0 bridgehead atoms. The first-order valence-electron chi connectivity index (χ1n) is 11.7. The van der Waals surface area contributed by atoms with E-state index in [1.807, 2.05) is 6.92 Å². The van der Waals surface area contributed by atoms with E-state index in [2.05, 4.69) is 13.0 Å². The summed E-state index contributed by atoms with van der Waals surface area (Å²) in [4.78, 5) is 0. The van der Waals surface area contributed by atoms with E-state index in [-0.39, 0.29) is 0 Å². The van der Waals surface area contributed by atoms with Gasteiger partial charge >= 0.3 is 0 Å². The maximum atomic E-state index is 13.4. The first-order chi connectivity index (χ1) is 13.6. The highest BCUT2D eigenvalue weighted by Gasteiger charge is 2.30. The molecule has 2 fully saturated rings. The van der Waals surface area contributed by atoms with Crippen LogP contribution in [0, 0.1) is 35.3 Å². The molecular formula is C26H38F2. The first-order valence-corrected chi connectivity index (χ1v) is 11.7. The van der Waals surface area contributed by atoms with E-state index in [0.717, 1.165) is 41.2 Å². The van der Waals surface area contributed by atoms with Crippen LogP contribution in [0.4, 0.5) is 8.78 Å². The number of halogens is 2. The minimum absolute atomic E-state index is 0.757. The standard InChI is InChI=1S/C26H38F2/c1-3-5-20-8-12-22(13-9-20)23-14-10-21(11-15-23)7-4-6-19(2)24-16-17-25(27)26(28)18-24/h6,16-18,20-23H,3-5,7-15H2,1-2H3. The van der Waals surface area contributed by atoms with Gasteiger partial charge in [-0.05, 0) is 92.4 Å². The third kappa shape index (κ3) is 5.91. The molecule has 2 heteroatoms. The van der Waals surface area contributed by atoms with E-state index in [0.29, 0.717) is 0 Å². The number of rotatable bonds is 7. The second-order valence-electron chi connectivity index (χ2n) is 9.44. The molecule has 0 atom stereocenters. The van der Waals surface area contributed by atoms with Crippen molar-refractivity contribution in [1.82, 2.24) is 0 Å². The molecule has 0 heterocycles. The van der Waals surface area contributed by atoms with Crippen molar-refractivity contribution in [3.8, 4) is 0 Å². The summed E-state index contributed by atoms with van der Waals surface area (Å²) in [5.41, 5.74) is 1.85. The summed E-state index contributed by atoms with van der Waals surface area (Å²) in [6, 6.07) is 4.20. The second-order valence-corrected chi connectivity index (χ2v) is 9.44. The van der Waals surface area contributed by atoms with Gasteiger partial charge in [-0.2, -0.15) is 0 Å². The molecule has 28 heavy (non-hydrogen) atoms. The van der Waals surface area contributed by atoms with Crippen molar-refractivity contribution in [2.24, 2.45) is 23.7 Å². The second kappa shape index (κ2) is 10.6. The molecule has 156 valence electrons. The van der Waals surface area contributed by atoms with Crippen LogP contribution in [0.3, 0.4) is 0 Å². The molecule has 0 aliphatic heterocycles. The highest BCUT2D eigenvalue weighted by Crippen LogP contribution is 2.43. The smallest absolute Gasteiger partial charge is 0.159 e. The Bertz CT molecular complexity index is 632. The maximum Gasteiger partial charge on any atom is 0.159 e. The highest BCUT2D eigenvalue weighted by molar-refractivity contribution is 5.63. The molecule has 2 saturated carbocycles. The molecule has 0 saturated heterocycles.